The Morgan fingerprint density at radius 1 is 1.47 bits per heavy atom. The van der Waals surface area contributed by atoms with Gasteiger partial charge in [-0.25, -0.2) is 4.98 Å². The van der Waals surface area contributed by atoms with Crippen molar-refractivity contribution in [2.75, 3.05) is 6.54 Å². The number of rotatable bonds is 1. The summed E-state index contributed by atoms with van der Waals surface area (Å²) in [7, 11) is 0. The molecule has 1 aromatic carbocycles. The van der Waals surface area contributed by atoms with E-state index in [1.807, 2.05) is 18.2 Å². The Balaban J connectivity index is 1.94. The fourth-order valence-electron chi connectivity index (χ4n) is 2.36. The summed E-state index contributed by atoms with van der Waals surface area (Å²) >= 11 is 5.93. The molecule has 2 heterocycles. The third-order valence-electron chi connectivity index (χ3n) is 3.33. The van der Waals surface area contributed by atoms with E-state index in [1.165, 1.54) is 6.42 Å². The van der Waals surface area contributed by atoms with Crippen LogP contribution in [0, 0.1) is 5.92 Å². The third-order valence-corrected chi connectivity index (χ3v) is 3.57. The lowest BCUT2D eigenvalue weighted by Gasteiger charge is -2.25. The first kappa shape index (κ1) is 11.1. The first-order chi connectivity index (χ1) is 8.22. The summed E-state index contributed by atoms with van der Waals surface area (Å²) in [6, 6.07) is 5.80. The molecule has 2 unspecified atom stereocenters. The monoisotopic (exact) mass is 250 g/mol. The molecule has 2 atom stereocenters. The second kappa shape index (κ2) is 4.31. The zero-order valence-electron chi connectivity index (χ0n) is 9.74. The van der Waals surface area contributed by atoms with Gasteiger partial charge in [-0.2, -0.15) is 0 Å². The number of nitrogens with zero attached hydrogens (tertiary/aromatic N) is 1. The van der Waals surface area contributed by atoms with E-state index >= 15 is 0 Å². The molecule has 0 bridgehead atoms. The summed E-state index contributed by atoms with van der Waals surface area (Å²) in [5, 5.41) is 4.14. The van der Waals surface area contributed by atoms with E-state index in [0.717, 1.165) is 35.9 Å². The first-order valence-electron chi connectivity index (χ1n) is 6.02. The van der Waals surface area contributed by atoms with Gasteiger partial charge in [-0.15, -0.1) is 0 Å². The minimum absolute atomic E-state index is 0.241. The van der Waals surface area contributed by atoms with E-state index in [0.29, 0.717) is 5.02 Å². The number of halogens is 1. The van der Waals surface area contributed by atoms with E-state index in [-0.39, 0.29) is 6.04 Å². The van der Waals surface area contributed by atoms with E-state index in [2.05, 4.69) is 17.2 Å². The predicted molar refractivity (Wildman–Crippen MR) is 68.2 cm³/mol. The Kier molecular flexibility index (Phi) is 2.81. The second-order valence-corrected chi connectivity index (χ2v) is 5.24. The molecule has 3 rings (SSSR count). The number of hydrogen-bond acceptors (Lipinski definition) is 3. The van der Waals surface area contributed by atoms with Crippen LogP contribution in [0.25, 0.3) is 11.1 Å². The number of aromatic nitrogens is 1. The molecule has 90 valence electrons. The third kappa shape index (κ3) is 2.17. The van der Waals surface area contributed by atoms with Crippen molar-refractivity contribution in [1.82, 2.24) is 10.3 Å². The molecule has 0 amide bonds. The average Bonchev–Trinajstić information content (AvgIpc) is 2.72. The molecule has 1 N–H and O–H groups in total. The number of oxazole rings is 1. The second-order valence-electron chi connectivity index (χ2n) is 4.80. The normalized spacial score (nSPS) is 25.3. The lowest BCUT2D eigenvalue weighted by molar-refractivity contribution is 0.287. The number of hydrogen-bond donors (Lipinski definition) is 1. The average molecular weight is 251 g/mol. The molecule has 2 aromatic rings. The molecule has 0 spiro atoms. The quantitative estimate of drug-likeness (QED) is 0.841. The summed E-state index contributed by atoms with van der Waals surface area (Å²) in [6.45, 7) is 3.30. The Morgan fingerprint density at radius 3 is 3.18 bits per heavy atom. The van der Waals surface area contributed by atoms with Crippen molar-refractivity contribution in [2.24, 2.45) is 5.92 Å². The number of benzene rings is 1. The fraction of sp³-hybridized carbons (Fsp3) is 0.462. The van der Waals surface area contributed by atoms with Gasteiger partial charge in [0.2, 0.25) is 5.89 Å². The van der Waals surface area contributed by atoms with E-state index < -0.39 is 0 Å². The Labute approximate surface area is 105 Å². The highest BCUT2D eigenvalue weighted by atomic mass is 35.5. The van der Waals surface area contributed by atoms with Crippen molar-refractivity contribution in [3.05, 3.63) is 29.1 Å². The van der Waals surface area contributed by atoms with Crippen molar-refractivity contribution in [2.45, 2.75) is 25.8 Å². The van der Waals surface area contributed by atoms with E-state index in [9.17, 15) is 0 Å². The summed E-state index contributed by atoms with van der Waals surface area (Å²) < 4.78 is 5.78. The fourth-order valence-corrected chi connectivity index (χ4v) is 2.52. The Morgan fingerprint density at radius 2 is 2.35 bits per heavy atom. The van der Waals surface area contributed by atoms with Crippen LogP contribution in [0.3, 0.4) is 0 Å². The standard InChI is InChI=1S/C13H15ClN2O/c1-8-4-5-15-11(6-8)13-16-10-3-2-9(14)7-12(10)17-13/h2-3,7-8,11,15H,4-6H2,1H3. The lowest BCUT2D eigenvalue weighted by Crippen LogP contribution is -2.30. The van der Waals surface area contributed by atoms with E-state index in [1.54, 1.807) is 0 Å². The predicted octanol–water partition coefficient (Wildman–Crippen LogP) is 3.54. The number of nitrogens with one attached hydrogen (secondary N) is 1. The zero-order chi connectivity index (χ0) is 11.8. The topological polar surface area (TPSA) is 38.1 Å². The zero-order valence-corrected chi connectivity index (χ0v) is 10.5. The van der Waals surface area contributed by atoms with Crippen LogP contribution in [-0.4, -0.2) is 11.5 Å². The molecule has 17 heavy (non-hydrogen) atoms. The van der Waals surface area contributed by atoms with Crippen molar-refractivity contribution in [1.29, 1.82) is 0 Å². The Bertz CT molecular complexity index is 537. The molecular formula is C13H15ClN2O. The maximum Gasteiger partial charge on any atom is 0.212 e. The molecular weight excluding hydrogens is 236 g/mol. The van der Waals surface area contributed by atoms with Gasteiger partial charge in [0, 0.05) is 11.1 Å². The SMILES string of the molecule is CC1CCNC(c2nc3ccc(Cl)cc3o2)C1. The van der Waals surface area contributed by atoms with Crippen molar-refractivity contribution < 1.29 is 4.42 Å². The summed E-state index contributed by atoms with van der Waals surface area (Å²) in [5.74, 6) is 1.51. The van der Waals surface area contributed by atoms with Gasteiger partial charge < -0.3 is 9.73 Å². The van der Waals surface area contributed by atoms with Crippen LogP contribution in [0.4, 0.5) is 0 Å². The summed E-state index contributed by atoms with van der Waals surface area (Å²) in [6.07, 6.45) is 2.31. The molecule has 3 nitrogen and oxygen atoms in total. The highest BCUT2D eigenvalue weighted by Crippen LogP contribution is 2.29. The van der Waals surface area contributed by atoms with Gasteiger partial charge in [0.1, 0.15) is 5.52 Å². The maximum atomic E-state index is 5.93. The van der Waals surface area contributed by atoms with Gasteiger partial charge in [0.15, 0.2) is 5.58 Å². The smallest absolute Gasteiger partial charge is 0.212 e. The van der Waals surface area contributed by atoms with Crippen molar-refractivity contribution >= 4 is 22.7 Å². The largest absolute Gasteiger partial charge is 0.439 e. The molecule has 1 aromatic heterocycles. The highest BCUT2D eigenvalue weighted by Gasteiger charge is 2.24. The van der Waals surface area contributed by atoms with Crippen LogP contribution in [0.15, 0.2) is 22.6 Å². The van der Waals surface area contributed by atoms with Crippen LogP contribution in [0.5, 0.6) is 0 Å². The van der Waals surface area contributed by atoms with Crippen LogP contribution in [0.2, 0.25) is 5.02 Å². The molecule has 4 heteroatoms. The molecule has 0 saturated carbocycles. The summed E-state index contributed by atoms with van der Waals surface area (Å²) in [5.41, 5.74) is 1.65. The van der Waals surface area contributed by atoms with Gasteiger partial charge >= 0.3 is 0 Å². The van der Waals surface area contributed by atoms with Crippen molar-refractivity contribution in [3.8, 4) is 0 Å². The van der Waals surface area contributed by atoms with Gasteiger partial charge in [-0.1, -0.05) is 18.5 Å². The highest BCUT2D eigenvalue weighted by molar-refractivity contribution is 6.31. The van der Waals surface area contributed by atoms with Gasteiger partial charge in [0.25, 0.3) is 0 Å². The summed E-state index contributed by atoms with van der Waals surface area (Å²) in [4.78, 5) is 4.52. The van der Waals surface area contributed by atoms with Gasteiger partial charge in [0.05, 0.1) is 6.04 Å². The molecule has 1 aliphatic heterocycles. The molecule has 0 aliphatic carbocycles. The van der Waals surface area contributed by atoms with Crippen LogP contribution in [0.1, 0.15) is 31.7 Å². The first-order valence-corrected chi connectivity index (χ1v) is 6.39. The van der Waals surface area contributed by atoms with Gasteiger partial charge in [-0.05, 0) is 37.4 Å². The van der Waals surface area contributed by atoms with E-state index in [4.69, 9.17) is 16.0 Å². The number of piperidine rings is 1. The molecule has 1 aliphatic rings. The molecule has 0 radical (unpaired) electrons. The number of fused-ring (bicyclic) bond motifs is 1. The minimum atomic E-state index is 0.241. The Hall–Kier alpha value is -1.06. The minimum Gasteiger partial charge on any atom is -0.439 e. The van der Waals surface area contributed by atoms with Crippen LogP contribution < -0.4 is 5.32 Å². The van der Waals surface area contributed by atoms with Crippen LogP contribution >= 0.6 is 11.6 Å². The van der Waals surface area contributed by atoms with Gasteiger partial charge in [-0.3, -0.25) is 0 Å². The van der Waals surface area contributed by atoms with Crippen molar-refractivity contribution in [3.63, 3.8) is 0 Å². The van der Waals surface area contributed by atoms with Crippen LogP contribution in [-0.2, 0) is 0 Å². The lowest BCUT2D eigenvalue weighted by atomic mass is 9.94. The molecule has 1 fully saturated rings. The molecule has 1 saturated heterocycles. The maximum absolute atomic E-state index is 5.93.